The molecule has 2 N–H and O–H groups in total. The van der Waals surface area contributed by atoms with Crippen molar-refractivity contribution in [2.45, 2.75) is 33.2 Å². The molecule has 23 heavy (non-hydrogen) atoms. The predicted molar refractivity (Wildman–Crippen MR) is 87.7 cm³/mol. The summed E-state index contributed by atoms with van der Waals surface area (Å²) >= 11 is 0. The second-order valence-corrected chi connectivity index (χ2v) is 5.69. The van der Waals surface area contributed by atoms with Gasteiger partial charge in [-0.3, -0.25) is 4.68 Å². The molecule has 2 heterocycles. The van der Waals surface area contributed by atoms with Gasteiger partial charge in [0, 0.05) is 31.3 Å². The first kappa shape index (κ1) is 15.4. The molecule has 0 radical (unpaired) electrons. The third kappa shape index (κ3) is 3.17. The van der Waals surface area contributed by atoms with Crippen molar-refractivity contribution in [2.24, 2.45) is 12.8 Å². The van der Waals surface area contributed by atoms with Gasteiger partial charge in [-0.15, -0.1) is 0 Å². The van der Waals surface area contributed by atoms with Gasteiger partial charge < -0.3 is 10.3 Å². The normalized spacial score (nSPS) is 11.1. The van der Waals surface area contributed by atoms with Crippen LogP contribution in [-0.2, 0) is 26.4 Å². The van der Waals surface area contributed by atoms with E-state index in [9.17, 15) is 0 Å². The Morgan fingerprint density at radius 1 is 1.13 bits per heavy atom. The first-order chi connectivity index (χ1) is 11.1. The molecule has 6 heteroatoms. The highest BCUT2D eigenvalue weighted by molar-refractivity contribution is 5.54. The van der Waals surface area contributed by atoms with E-state index in [1.54, 1.807) is 0 Å². The van der Waals surface area contributed by atoms with Crippen LogP contribution in [0.1, 0.15) is 28.4 Å². The van der Waals surface area contributed by atoms with Crippen LogP contribution in [0.25, 0.3) is 11.4 Å². The van der Waals surface area contributed by atoms with E-state index in [2.05, 4.69) is 22.2 Å². The van der Waals surface area contributed by atoms with Crippen molar-refractivity contribution in [1.82, 2.24) is 19.9 Å². The van der Waals surface area contributed by atoms with Gasteiger partial charge in [0.25, 0.3) is 0 Å². The minimum absolute atomic E-state index is 0.529. The van der Waals surface area contributed by atoms with E-state index in [1.807, 2.05) is 42.9 Å². The minimum atomic E-state index is 0.529. The molecule has 0 unspecified atom stereocenters. The average molecular weight is 311 g/mol. The van der Waals surface area contributed by atoms with Crippen molar-refractivity contribution < 1.29 is 4.52 Å². The molecular weight excluding hydrogens is 290 g/mol. The van der Waals surface area contributed by atoms with Gasteiger partial charge in [0.1, 0.15) is 0 Å². The Morgan fingerprint density at radius 2 is 1.87 bits per heavy atom. The second kappa shape index (κ2) is 6.34. The summed E-state index contributed by atoms with van der Waals surface area (Å²) in [6, 6.07) is 7.89. The molecule has 3 rings (SSSR count). The lowest BCUT2D eigenvalue weighted by Crippen LogP contribution is -1.97. The lowest BCUT2D eigenvalue weighted by molar-refractivity contribution is 0.378. The molecule has 3 aromatic rings. The molecule has 0 aliphatic rings. The molecule has 120 valence electrons. The summed E-state index contributed by atoms with van der Waals surface area (Å²) in [6.07, 6.45) is 1.56. The van der Waals surface area contributed by atoms with Crippen molar-refractivity contribution in [3.8, 4) is 11.4 Å². The van der Waals surface area contributed by atoms with Gasteiger partial charge >= 0.3 is 0 Å². The summed E-state index contributed by atoms with van der Waals surface area (Å²) in [7, 11) is 1.96. The summed E-state index contributed by atoms with van der Waals surface area (Å²) < 4.78 is 7.28. The van der Waals surface area contributed by atoms with Gasteiger partial charge in [-0.2, -0.15) is 10.1 Å². The molecule has 6 nitrogen and oxygen atoms in total. The second-order valence-electron chi connectivity index (χ2n) is 5.69. The summed E-state index contributed by atoms with van der Waals surface area (Å²) in [5.74, 6) is 1.26. The van der Waals surface area contributed by atoms with E-state index >= 15 is 0 Å². The fourth-order valence-electron chi connectivity index (χ4n) is 2.67. The van der Waals surface area contributed by atoms with Crippen molar-refractivity contribution in [3.05, 3.63) is 52.7 Å². The monoisotopic (exact) mass is 311 g/mol. The number of aromatic nitrogens is 4. The Bertz CT molecular complexity index is 801. The molecule has 0 atom stereocenters. The van der Waals surface area contributed by atoms with Crippen LogP contribution in [0.3, 0.4) is 0 Å². The first-order valence-corrected chi connectivity index (χ1v) is 7.69. The van der Waals surface area contributed by atoms with Crippen LogP contribution >= 0.6 is 0 Å². The molecule has 2 aromatic heterocycles. The molecule has 0 bridgehead atoms. The molecule has 0 saturated heterocycles. The van der Waals surface area contributed by atoms with Gasteiger partial charge in [-0.1, -0.05) is 29.4 Å². The lowest BCUT2D eigenvalue weighted by atomic mass is 10.1. The van der Waals surface area contributed by atoms with E-state index in [0.29, 0.717) is 24.7 Å². The van der Waals surface area contributed by atoms with Gasteiger partial charge in [-0.25, -0.2) is 0 Å². The third-order valence-corrected chi connectivity index (χ3v) is 4.16. The molecule has 0 amide bonds. The quantitative estimate of drug-likeness (QED) is 0.782. The Kier molecular flexibility index (Phi) is 4.25. The van der Waals surface area contributed by atoms with Gasteiger partial charge in [-0.05, 0) is 31.4 Å². The molecule has 0 aliphatic heterocycles. The fourth-order valence-corrected chi connectivity index (χ4v) is 2.67. The standard InChI is InChI=1S/C17H21N5O/c1-11-15(12(2)22(3)20-11)8-9-16-19-17(21-23-16)14-6-4-13(10-18)5-7-14/h4-7H,8-10,18H2,1-3H3. The smallest absolute Gasteiger partial charge is 0.227 e. The molecule has 0 saturated carbocycles. The fraction of sp³-hybridized carbons (Fsp3) is 0.353. The number of aryl methyl sites for hydroxylation is 3. The van der Waals surface area contributed by atoms with Crippen molar-refractivity contribution in [2.75, 3.05) is 0 Å². The van der Waals surface area contributed by atoms with Crippen molar-refractivity contribution in [1.29, 1.82) is 0 Å². The highest BCUT2D eigenvalue weighted by Gasteiger charge is 2.13. The van der Waals surface area contributed by atoms with Crippen LogP contribution in [0, 0.1) is 13.8 Å². The third-order valence-electron chi connectivity index (χ3n) is 4.16. The summed E-state index contributed by atoms with van der Waals surface area (Å²) in [5.41, 5.74) is 11.1. The van der Waals surface area contributed by atoms with E-state index in [-0.39, 0.29) is 0 Å². The number of nitrogens with zero attached hydrogens (tertiary/aromatic N) is 4. The zero-order valence-electron chi connectivity index (χ0n) is 13.7. The van der Waals surface area contributed by atoms with Crippen LogP contribution in [0.5, 0.6) is 0 Å². The molecule has 0 fully saturated rings. The molecule has 0 aliphatic carbocycles. The first-order valence-electron chi connectivity index (χ1n) is 7.69. The minimum Gasteiger partial charge on any atom is -0.339 e. The maximum absolute atomic E-state index is 5.61. The zero-order valence-corrected chi connectivity index (χ0v) is 13.7. The number of rotatable bonds is 5. The Labute approximate surface area is 135 Å². The molecule has 0 spiro atoms. The highest BCUT2D eigenvalue weighted by Crippen LogP contribution is 2.18. The Hall–Kier alpha value is -2.47. The number of nitrogens with two attached hydrogens (primary N) is 1. The van der Waals surface area contributed by atoms with Crippen LogP contribution in [0.15, 0.2) is 28.8 Å². The van der Waals surface area contributed by atoms with Crippen LogP contribution in [0.4, 0.5) is 0 Å². The Morgan fingerprint density at radius 3 is 2.48 bits per heavy atom. The maximum atomic E-state index is 5.61. The summed E-state index contributed by atoms with van der Waals surface area (Å²) in [5, 5.41) is 8.50. The Balaban J connectivity index is 1.71. The van der Waals surface area contributed by atoms with E-state index < -0.39 is 0 Å². The topological polar surface area (TPSA) is 82.8 Å². The number of hydrogen-bond donors (Lipinski definition) is 1. The zero-order chi connectivity index (χ0) is 16.4. The molecule has 1 aromatic carbocycles. The van der Waals surface area contributed by atoms with E-state index in [1.165, 1.54) is 11.3 Å². The maximum Gasteiger partial charge on any atom is 0.227 e. The SMILES string of the molecule is Cc1nn(C)c(C)c1CCc1nc(-c2ccc(CN)cc2)no1. The van der Waals surface area contributed by atoms with Gasteiger partial charge in [0.15, 0.2) is 0 Å². The summed E-state index contributed by atoms with van der Waals surface area (Å²) in [6.45, 7) is 4.63. The molecular formula is C17H21N5O. The van der Waals surface area contributed by atoms with Crippen LogP contribution < -0.4 is 5.73 Å². The lowest BCUT2D eigenvalue weighted by Gasteiger charge is -1.99. The van der Waals surface area contributed by atoms with Crippen LogP contribution in [0.2, 0.25) is 0 Å². The number of hydrogen-bond acceptors (Lipinski definition) is 5. The predicted octanol–water partition coefficient (Wildman–Crippen LogP) is 2.33. The van der Waals surface area contributed by atoms with Crippen molar-refractivity contribution in [3.63, 3.8) is 0 Å². The van der Waals surface area contributed by atoms with Gasteiger partial charge in [0.05, 0.1) is 5.69 Å². The van der Waals surface area contributed by atoms with Gasteiger partial charge in [0.2, 0.25) is 11.7 Å². The largest absolute Gasteiger partial charge is 0.339 e. The van der Waals surface area contributed by atoms with Crippen molar-refractivity contribution >= 4 is 0 Å². The number of benzene rings is 1. The van der Waals surface area contributed by atoms with E-state index in [0.717, 1.165) is 23.2 Å². The summed E-state index contributed by atoms with van der Waals surface area (Å²) in [4.78, 5) is 4.48. The average Bonchev–Trinajstić information content (AvgIpc) is 3.12. The van der Waals surface area contributed by atoms with Crippen LogP contribution in [-0.4, -0.2) is 19.9 Å². The van der Waals surface area contributed by atoms with E-state index in [4.69, 9.17) is 10.3 Å². The highest BCUT2D eigenvalue weighted by atomic mass is 16.5.